The van der Waals surface area contributed by atoms with E-state index in [0.717, 1.165) is 76.3 Å². The van der Waals surface area contributed by atoms with Gasteiger partial charge >= 0.3 is 30.8 Å². The molecule has 2 saturated carbocycles. The van der Waals surface area contributed by atoms with E-state index < -0.39 is 27.0 Å². The molecule has 3 rings (SSSR count). The molecule has 29 heavy (non-hydrogen) atoms. The quantitative estimate of drug-likeness (QED) is 0.444. The standard InChI is InChI=1S/C20H26O7S.Li.H/c21-19(26-16-7-3-1-4-8-16)14-11-15(13-18(12-14)28(23,24)25)20(22)27-17-9-5-2-6-10-17;;/h11-13,16-17H,1-10H2,(H,23,24,25);;. The van der Waals surface area contributed by atoms with Crippen LogP contribution in [0.25, 0.3) is 0 Å². The minimum atomic E-state index is -4.60. The predicted octanol–water partition coefficient (Wildman–Crippen LogP) is 3.26. The van der Waals surface area contributed by atoms with Gasteiger partial charge in [-0.25, -0.2) is 9.59 Å². The van der Waals surface area contributed by atoms with Crippen LogP contribution in [-0.4, -0.2) is 56.0 Å². The predicted molar refractivity (Wildman–Crippen MR) is 108 cm³/mol. The van der Waals surface area contributed by atoms with Crippen molar-refractivity contribution in [2.45, 2.75) is 81.3 Å². The van der Waals surface area contributed by atoms with E-state index in [1.165, 1.54) is 6.07 Å². The van der Waals surface area contributed by atoms with Crippen LogP contribution < -0.4 is 0 Å². The van der Waals surface area contributed by atoms with E-state index in [-0.39, 0.29) is 42.2 Å². The molecule has 0 heterocycles. The van der Waals surface area contributed by atoms with Crippen LogP contribution in [0.2, 0.25) is 0 Å². The van der Waals surface area contributed by atoms with Crippen LogP contribution in [0.3, 0.4) is 0 Å². The first kappa shape index (κ1) is 23.9. The second-order valence-electron chi connectivity index (χ2n) is 7.55. The molecular formula is C20H27LiO7S. The van der Waals surface area contributed by atoms with Crippen molar-refractivity contribution in [3.8, 4) is 0 Å². The van der Waals surface area contributed by atoms with Crippen LogP contribution in [0.1, 0.15) is 84.9 Å². The molecule has 0 aromatic heterocycles. The summed E-state index contributed by atoms with van der Waals surface area (Å²) in [7, 11) is -4.60. The van der Waals surface area contributed by atoms with Gasteiger partial charge in [0.15, 0.2) is 0 Å². The van der Waals surface area contributed by atoms with Crippen LogP contribution in [0.15, 0.2) is 23.1 Å². The first-order valence-corrected chi connectivity index (χ1v) is 11.3. The Hall–Kier alpha value is -1.33. The van der Waals surface area contributed by atoms with Crippen molar-refractivity contribution < 1.29 is 32.0 Å². The van der Waals surface area contributed by atoms with E-state index in [9.17, 15) is 22.6 Å². The SMILES string of the molecule is O=C(OC1CCCCC1)c1cc(C(=O)OC2CCCCC2)cc(S(=O)(=O)O)c1.[LiH]. The summed E-state index contributed by atoms with van der Waals surface area (Å²) in [6.45, 7) is 0. The van der Waals surface area contributed by atoms with Gasteiger partial charge in [-0.2, -0.15) is 8.42 Å². The second-order valence-corrected chi connectivity index (χ2v) is 8.97. The Morgan fingerprint density at radius 2 is 1.14 bits per heavy atom. The molecule has 7 nitrogen and oxygen atoms in total. The first-order chi connectivity index (χ1) is 13.3. The van der Waals surface area contributed by atoms with Gasteiger partial charge in [-0.3, -0.25) is 4.55 Å². The molecule has 1 aromatic carbocycles. The number of carbonyl (C=O) groups excluding carboxylic acids is 2. The molecular weight excluding hydrogens is 391 g/mol. The number of hydrogen-bond acceptors (Lipinski definition) is 6. The fraction of sp³-hybridized carbons (Fsp3) is 0.600. The first-order valence-electron chi connectivity index (χ1n) is 9.87. The van der Waals surface area contributed by atoms with Gasteiger partial charge in [0.05, 0.1) is 16.0 Å². The number of rotatable bonds is 5. The van der Waals surface area contributed by atoms with Crippen molar-refractivity contribution in [2.75, 3.05) is 0 Å². The molecule has 0 saturated heterocycles. The molecule has 1 aromatic rings. The van der Waals surface area contributed by atoms with E-state index >= 15 is 0 Å². The molecule has 2 aliphatic carbocycles. The number of benzene rings is 1. The Balaban J connectivity index is 0.00000300. The van der Waals surface area contributed by atoms with Crippen LogP contribution in [0.4, 0.5) is 0 Å². The maximum absolute atomic E-state index is 12.5. The topological polar surface area (TPSA) is 107 Å². The van der Waals surface area contributed by atoms with Crippen molar-refractivity contribution in [3.05, 3.63) is 29.3 Å². The van der Waals surface area contributed by atoms with Gasteiger partial charge in [0.1, 0.15) is 12.2 Å². The molecule has 1 N–H and O–H groups in total. The molecule has 0 radical (unpaired) electrons. The van der Waals surface area contributed by atoms with Crippen LogP contribution in [-0.2, 0) is 19.6 Å². The van der Waals surface area contributed by atoms with Gasteiger partial charge in [0.2, 0.25) is 0 Å². The summed E-state index contributed by atoms with van der Waals surface area (Å²) >= 11 is 0. The molecule has 0 aliphatic heterocycles. The monoisotopic (exact) mass is 418 g/mol. The zero-order chi connectivity index (χ0) is 20.1. The third-order valence-corrected chi connectivity index (χ3v) is 6.16. The van der Waals surface area contributed by atoms with Gasteiger partial charge in [0.25, 0.3) is 10.1 Å². The van der Waals surface area contributed by atoms with Gasteiger partial charge in [-0.15, -0.1) is 0 Å². The summed E-state index contributed by atoms with van der Waals surface area (Å²) in [5, 5.41) is 0. The molecule has 0 unspecified atom stereocenters. The fourth-order valence-electron chi connectivity index (χ4n) is 3.79. The summed E-state index contributed by atoms with van der Waals surface area (Å²) in [5.41, 5.74) is -0.174. The van der Waals surface area contributed by atoms with E-state index in [4.69, 9.17) is 9.47 Å². The number of ether oxygens (including phenoxy) is 2. The second kappa shape index (κ2) is 10.6. The van der Waals surface area contributed by atoms with E-state index in [0.29, 0.717) is 0 Å². The molecule has 0 spiro atoms. The molecule has 2 fully saturated rings. The molecule has 0 atom stereocenters. The van der Waals surface area contributed by atoms with Crippen molar-refractivity contribution >= 4 is 40.9 Å². The van der Waals surface area contributed by atoms with Crippen LogP contribution in [0.5, 0.6) is 0 Å². The normalized spacial score (nSPS) is 18.5. The third-order valence-electron chi connectivity index (χ3n) is 5.33. The summed E-state index contributed by atoms with van der Waals surface area (Å²) in [6, 6.07) is 3.32. The minimum absolute atomic E-state index is 0. The average Bonchev–Trinajstić information content (AvgIpc) is 2.68. The summed E-state index contributed by atoms with van der Waals surface area (Å²) < 4.78 is 43.6. The van der Waals surface area contributed by atoms with Gasteiger partial charge in [-0.05, 0) is 69.6 Å². The summed E-state index contributed by atoms with van der Waals surface area (Å²) in [5.74, 6) is -1.41. The third kappa shape index (κ3) is 6.85. The maximum atomic E-state index is 12.5. The van der Waals surface area contributed by atoms with Crippen molar-refractivity contribution in [2.24, 2.45) is 0 Å². The van der Waals surface area contributed by atoms with E-state index in [1.807, 2.05) is 0 Å². The van der Waals surface area contributed by atoms with Crippen molar-refractivity contribution in [1.29, 1.82) is 0 Å². The molecule has 156 valence electrons. The number of hydrogen-bond donors (Lipinski definition) is 1. The Kier molecular flexibility index (Phi) is 8.77. The van der Waals surface area contributed by atoms with Gasteiger partial charge < -0.3 is 9.47 Å². The fourth-order valence-corrected chi connectivity index (χ4v) is 4.34. The van der Waals surface area contributed by atoms with Crippen LogP contribution in [0, 0.1) is 0 Å². The zero-order valence-corrected chi connectivity index (χ0v) is 16.6. The van der Waals surface area contributed by atoms with Crippen LogP contribution >= 0.6 is 0 Å². The molecule has 0 bridgehead atoms. The summed E-state index contributed by atoms with van der Waals surface area (Å²) in [4.78, 5) is 24.5. The molecule has 9 heteroatoms. The Morgan fingerprint density at radius 1 is 0.759 bits per heavy atom. The van der Waals surface area contributed by atoms with E-state index in [1.54, 1.807) is 0 Å². The zero-order valence-electron chi connectivity index (χ0n) is 15.8. The van der Waals surface area contributed by atoms with Gasteiger partial charge in [0, 0.05) is 0 Å². The Bertz CT molecular complexity index is 775. The molecule has 2 aliphatic rings. The number of carbonyl (C=O) groups is 2. The summed E-state index contributed by atoms with van der Waals surface area (Å²) in [6.07, 6.45) is 8.73. The van der Waals surface area contributed by atoms with E-state index in [2.05, 4.69) is 0 Å². The van der Waals surface area contributed by atoms with Gasteiger partial charge in [-0.1, -0.05) is 12.8 Å². The molecule has 0 amide bonds. The van der Waals surface area contributed by atoms with Crippen molar-refractivity contribution in [3.63, 3.8) is 0 Å². The number of esters is 2. The Morgan fingerprint density at radius 3 is 1.48 bits per heavy atom. The average molecular weight is 418 g/mol. The Labute approximate surface area is 183 Å². The van der Waals surface area contributed by atoms with Crippen molar-refractivity contribution in [1.82, 2.24) is 0 Å².